The highest BCUT2D eigenvalue weighted by Crippen LogP contribution is 2.45. The van der Waals surface area contributed by atoms with Gasteiger partial charge < -0.3 is 0 Å². The fraction of sp³-hybridized carbons (Fsp3) is 0.500. The molecule has 9 heavy (non-hydrogen) atoms. The molecule has 0 aromatic heterocycles. The number of hydrazine groups is 1. The van der Waals surface area contributed by atoms with Crippen LogP contribution in [0.2, 0.25) is 0 Å². The standard InChI is InChI=1S/C4H3Cl3N2/c5-2-1-3(6)9-4(7)8(2)9/h1-2,4H. The Labute approximate surface area is 67.5 Å². The van der Waals surface area contributed by atoms with Gasteiger partial charge in [0.1, 0.15) is 10.7 Å². The Hall–Kier alpha value is 0.370. The van der Waals surface area contributed by atoms with Gasteiger partial charge in [0.05, 0.1) is 0 Å². The summed E-state index contributed by atoms with van der Waals surface area (Å²) >= 11 is 17.1. The molecule has 1 fully saturated rings. The van der Waals surface area contributed by atoms with Gasteiger partial charge in [0, 0.05) is 0 Å². The van der Waals surface area contributed by atoms with Gasteiger partial charge in [-0.15, -0.1) is 0 Å². The zero-order chi connectivity index (χ0) is 6.59. The maximum atomic E-state index is 5.73. The van der Waals surface area contributed by atoms with Gasteiger partial charge in [0.15, 0.2) is 5.62 Å². The van der Waals surface area contributed by atoms with Gasteiger partial charge in [-0.1, -0.05) is 34.8 Å². The highest BCUT2D eigenvalue weighted by molar-refractivity contribution is 6.33. The molecule has 2 aliphatic heterocycles. The van der Waals surface area contributed by atoms with Crippen molar-refractivity contribution in [3.63, 3.8) is 0 Å². The summed E-state index contributed by atoms with van der Waals surface area (Å²) in [5.41, 5.74) is -0.273. The third-order valence-electron chi connectivity index (χ3n) is 1.36. The zero-order valence-electron chi connectivity index (χ0n) is 4.26. The first-order valence-corrected chi connectivity index (χ1v) is 3.70. The normalized spacial score (nSPS) is 46.8. The van der Waals surface area contributed by atoms with Gasteiger partial charge in [-0.05, 0) is 6.08 Å². The number of nitrogens with zero attached hydrogens (tertiary/aromatic N) is 2. The van der Waals surface area contributed by atoms with Crippen molar-refractivity contribution in [3.05, 3.63) is 11.2 Å². The first kappa shape index (κ1) is 6.10. The van der Waals surface area contributed by atoms with Gasteiger partial charge in [-0.25, -0.2) is 0 Å². The fourth-order valence-electron chi connectivity index (χ4n) is 0.876. The molecule has 0 bridgehead atoms. The van der Waals surface area contributed by atoms with E-state index in [-0.39, 0.29) is 11.1 Å². The van der Waals surface area contributed by atoms with Crippen molar-refractivity contribution in [2.75, 3.05) is 0 Å². The second-order valence-electron chi connectivity index (χ2n) is 1.90. The second kappa shape index (κ2) is 1.70. The van der Waals surface area contributed by atoms with Crippen LogP contribution in [-0.4, -0.2) is 21.1 Å². The van der Waals surface area contributed by atoms with E-state index in [2.05, 4.69) is 0 Å². The van der Waals surface area contributed by atoms with Crippen LogP contribution in [-0.2, 0) is 0 Å². The Kier molecular flexibility index (Phi) is 1.15. The van der Waals surface area contributed by atoms with Crippen LogP contribution in [0.15, 0.2) is 11.2 Å². The van der Waals surface area contributed by atoms with Crippen molar-refractivity contribution >= 4 is 34.8 Å². The van der Waals surface area contributed by atoms with Crippen LogP contribution in [0.3, 0.4) is 0 Å². The molecule has 2 heterocycles. The lowest BCUT2D eigenvalue weighted by molar-refractivity contribution is 0.414. The van der Waals surface area contributed by atoms with Crippen molar-refractivity contribution in [2.24, 2.45) is 0 Å². The molecule has 2 nitrogen and oxygen atoms in total. The fourth-order valence-corrected chi connectivity index (χ4v) is 2.04. The SMILES string of the molecule is ClC1=CC(Cl)N2C(Cl)N12. The summed E-state index contributed by atoms with van der Waals surface area (Å²) < 4.78 is 0. The van der Waals surface area contributed by atoms with E-state index in [1.54, 1.807) is 16.1 Å². The molecule has 0 amide bonds. The van der Waals surface area contributed by atoms with Crippen molar-refractivity contribution in [1.29, 1.82) is 0 Å². The van der Waals surface area contributed by atoms with Gasteiger partial charge >= 0.3 is 0 Å². The predicted molar refractivity (Wildman–Crippen MR) is 36.9 cm³/mol. The number of alkyl halides is 2. The van der Waals surface area contributed by atoms with Crippen molar-refractivity contribution in [2.45, 2.75) is 11.1 Å². The van der Waals surface area contributed by atoms with Gasteiger partial charge in [0.25, 0.3) is 0 Å². The smallest absolute Gasteiger partial charge is 0.193 e. The van der Waals surface area contributed by atoms with Gasteiger partial charge in [-0.2, -0.15) is 5.01 Å². The van der Waals surface area contributed by atoms with Crippen molar-refractivity contribution in [3.8, 4) is 0 Å². The molecule has 5 heteroatoms. The van der Waals surface area contributed by atoms with E-state index in [0.29, 0.717) is 5.16 Å². The maximum Gasteiger partial charge on any atom is 0.193 e. The lowest BCUT2D eigenvalue weighted by Crippen LogP contribution is -2.06. The summed E-state index contributed by atoms with van der Waals surface area (Å²) in [5.74, 6) is 0. The summed E-state index contributed by atoms with van der Waals surface area (Å²) in [4.78, 5) is 0. The van der Waals surface area contributed by atoms with Crippen LogP contribution in [0.5, 0.6) is 0 Å². The Morgan fingerprint density at radius 2 is 2.11 bits per heavy atom. The van der Waals surface area contributed by atoms with E-state index >= 15 is 0 Å². The lowest BCUT2D eigenvalue weighted by Gasteiger charge is -1.93. The molecular formula is C4H3Cl3N2. The van der Waals surface area contributed by atoms with E-state index < -0.39 is 0 Å². The zero-order valence-corrected chi connectivity index (χ0v) is 6.53. The molecule has 1 saturated heterocycles. The van der Waals surface area contributed by atoms with Crippen molar-refractivity contribution < 1.29 is 0 Å². The van der Waals surface area contributed by atoms with Crippen LogP contribution >= 0.6 is 34.8 Å². The minimum atomic E-state index is -0.153. The quantitative estimate of drug-likeness (QED) is 0.322. The molecule has 2 aliphatic rings. The monoisotopic (exact) mass is 184 g/mol. The first-order valence-electron chi connectivity index (χ1n) is 2.45. The molecular weight excluding hydrogens is 182 g/mol. The Bertz CT molecular complexity index is 181. The van der Waals surface area contributed by atoms with Gasteiger partial charge in [-0.3, -0.25) is 5.01 Å². The van der Waals surface area contributed by atoms with E-state index in [0.717, 1.165) is 0 Å². The number of halogens is 3. The Morgan fingerprint density at radius 1 is 1.44 bits per heavy atom. The molecule has 50 valence electrons. The number of rotatable bonds is 0. The minimum Gasteiger partial charge on any atom is -0.257 e. The van der Waals surface area contributed by atoms with Gasteiger partial charge in [0.2, 0.25) is 0 Å². The molecule has 0 saturated carbocycles. The number of hydrogen-bond donors (Lipinski definition) is 0. The largest absolute Gasteiger partial charge is 0.257 e. The predicted octanol–water partition coefficient (Wildman–Crippen LogP) is 1.70. The van der Waals surface area contributed by atoms with Crippen LogP contribution in [0, 0.1) is 0 Å². The van der Waals surface area contributed by atoms with E-state index in [1.165, 1.54) is 0 Å². The number of fused-ring (bicyclic) bond motifs is 1. The third-order valence-corrected chi connectivity index (χ3v) is 2.37. The topological polar surface area (TPSA) is 6.02 Å². The van der Waals surface area contributed by atoms with Crippen LogP contribution < -0.4 is 0 Å². The number of hydrogen-bond acceptors (Lipinski definition) is 2. The molecule has 3 unspecified atom stereocenters. The average molecular weight is 185 g/mol. The molecule has 0 aromatic rings. The molecule has 0 aliphatic carbocycles. The molecule has 0 radical (unpaired) electrons. The highest BCUT2D eigenvalue weighted by Gasteiger charge is 2.53. The first-order chi connectivity index (χ1) is 4.22. The van der Waals surface area contributed by atoms with Crippen LogP contribution in [0.4, 0.5) is 0 Å². The molecule has 0 aromatic carbocycles. The second-order valence-corrected chi connectivity index (χ2v) is 3.12. The highest BCUT2D eigenvalue weighted by atomic mass is 35.5. The molecule has 0 N–H and O–H groups in total. The van der Waals surface area contributed by atoms with Crippen LogP contribution in [0.25, 0.3) is 0 Å². The van der Waals surface area contributed by atoms with Crippen LogP contribution in [0.1, 0.15) is 0 Å². The molecule has 3 atom stereocenters. The van der Waals surface area contributed by atoms with Crippen molar-refractivity contribution in [1.82, 2.24) is 10.0 Å². The third kappa shape index (κ3) is 0.679. The molecule has 0 spiro atoms. The summed E-state index contributed by atoms with van der Waals surface area (Å²) in [7, 11) is 0. The van der Waals surface area contributed by atoms with E-state index in [9.17, 15) is 0 Å². The molecule has 2 rings (SSSR count). The Balaban J connectivity index is 2.23. The maximum absolute atomic E-state index is 5.73. The van der Waals surface area contributed by atoms with E-state index in [1.807, 2.05) is 0 Å². The summed E-state index contributed by atoms with van der Waals surface area (Å²) in [6.07, 6.45) is 1.74. The average Bonchev–Trinajstić information content (AvgIpc) is 2.30. The lowest BCUT2D eigenvalue weighted by atomic mass is 10.6. The Morgan fingerprint density at radius 3 is 2.33 bits per heavy atom. The summed E-state index contributed by atoms with van der Waals surface area (Å²) in [6, 6.07) is 0. The van der Waals surface area contributed by atoms with E-state index in [4.69, 9.17) is 34.8 Å². The summed E-state index contributed by atoms with van der Waals surface area (Å²) in [6.45, 7) is 0. The minimum absolute atomic E-state index is 0.120. The summed E-state index contributed by atoms with van der Waals surface area (Å²) in [5, 5.41) is 4.11.